The Labute approximate surface area is 152 Å². The second-order valence-electron chi connectivity index (χ2n) is 8.67. The molecule has 0 saturated heterocycles. The minimum absolute atomic E-state index is 0.0744. The Morgan fingerprint density at radius 2 is 1.92 bits per heavy atom. The van der Waals surface area contributed by atoms with Crippen molar-refractivity contribution < 1.29 is 18.7 Å². The predicted molar refractivity (Wildman–Crippen MR) is 96.9 cm³/mol. The fraction of sp³-hybridized carbons (Fsp3) is 0.600. The van der Waals surface area contributed by atoms with Gasteiger partial charge in [-0.3, -0.25) is 10.1 Å². The maximum atomic E-state index is 14.7. The van der Waals surface area contributed by atoms with Crippen LogP contribution in [0.2, 0.25) is 0 Å². The van der Waals surface area contributed by atoms with Crippen LogP contribution in [0.3, 0.4) is 0 Å². The molecule has 6 heteroatoms. The van der Waals surface area contributed by atoms with Gasteiger partial charge in [-0.25, -0.2) is 9.18 Å². The molecule has 0 radical (unpaired) electrons. The highest BCUT2D eigenvalue weighted by Crippen LogP contribution is 2.59. The maximum absolute atomic E-state index is 14.7. The maximum Gasteiger partial charge on any atom is 0.412 e. The van der Waals surface area contributed by atoms with Crippen LogP contribution in [-0.2, 0) is 14.9 Å². The molecule has 1 spiro atoms. The average molecular weight is 360 g/mol. The van der Waals surface area contributed by atoms with Crippen LogP contribution in [0.4, 0.5) is 20.6 Å². The molecule has 5 nitrogen and oxygen atoms in total. The quantitative estimate of drug-likeness (QED) is 0.845. The van der Waals surface area contributed by atoms with E-state index in [-0.39, 0.29) is 17.6 Å². The van der Waals surface area contributed by atoms with E-state index < -0.39 is 22.9 Å². The molecule has 0 bridgehead atoms. The van der Waals surface area contributed by atoms with Gasteiger partial charge in [0.15, 0.2) is 0 Å². The van der Waals surface area contributed by atoms with Gasteiger partial charge in [0.1, 0.15) is 11.4 Å². The van der Waals surface area contributed by atoms with E-state index in [0.717, 1.165) is 44.1 Å². The van der Waals surface area contributed by atoms with Crippen molar-refractivity contribution in [2.24, 2.45) is 0 Å². The van der Waals surface area contributed by atoms with Crippen molar-refractivity contribution in [1.82, 2.24) is 0 Å². The first-order chi connectivity index (χ1) is 12.2. The zero-order chi connectivity index (χ0) is 18.7. The normalized spacial score (nSPS) is 21.2. The molecule has 4 rings (SSSR count). The molecule has 0 atom stereocenters. The van der Waals surface area contributed by atoms with Crippen LogP contribution in [0.5, 0.6) is 0 Å². The molecule has 140 valence electrons. The van der Waals surface area contributed by atoms with Crippen LogP contribution in [-0.4, -0.2) is 23.6 Å². The molecule has 1 heterocycles. The third-order valence-electron chi connectivity index (χ3n) is 5.56. The number of fused-ring (bicyclic) bond motifs is 2. The average Bonchev–Trinajstić information content (AvgIpc) is 3.10. The highest BCUT2D eigenvalue weighted by atomic mass is 19.1. The molecule has 1 N–H and O–H groups in total. The molecule has 2 fully saturated rings. The van der Waals surface area contributed by atoms with Gasteiger partial charge in [0.25, 0.3) is 0 Å². The lowest BCUT2D eigenvalue weighted by molar-refractivity contribution is -0.120. The zero-order valence-corrected chi connectivity index (χ0v) is 15.5. The second-order valence-corrected chi connectivity index (χ2v) is 8.67. The summed E-state index contributed by atoms with van der Waals surface area (Å²) in [7, 11) is 0. The van der Waals surface area contributed by atoms with Gasteiger partial charge in [0, 0.05) is 12.1 Å². The van der Waals surface area contributed by atoms with Gasteiger partial charge in [-0.05, 0) is 58.1 Å². The van der Waals surface area contributed by atoms with E-state index in [1.165, 1.54) is 6.07 Å². The van der Waals surface area contributed by atoms with E-state index in [2.05, 4.69) is 5.32 Å². The summed E-state index contributed by atoms with van der Waals surface area (Å²) in [5.74, 6) is -0.434. The van der Waals surface area contributed by atoms with E-state index in [0.29, 0.717) is 5.69 Å². The highest BCUT2D eigenvalue weighted by molar-refractivity contribution is 6.11. The number of hydrogen-bond acceptors (Lipinski definition) is 3. The van der Waals surface area contributed by atoms with Crippen LogP contribution in [0.25, 0.3) is 0 Å². The number of carbonyl (C=O) groups is 2. The molecule has 26 heavy (non-hydrogen) atoms. The monoisotopic (exact) mass is 360 g/mol. The zero-order valence-electron chi connectivity index (χ0n) is 15.5. The van der Waals surface area contributed by atoms with Gasteiger partial charge in [-0.1, -0.05) is 12.8 Å². The van der Waals surface area contributed by atoms with Gasteiger partial charge < -0.3 is 9.64 Å². The largest absolute Gasteiger partial charge is 0.444 e. The van der Waals surface area contributed by atoms with Crippen molar-refractivity contribution in [3.63, 3.8) is 0 Å². The second kappa shape index (κ2) is 5.69. The first kappa shape index (κ1) is 17.3. The number of nitrogens with one attached hydrogen (secondary N) is 1. The standard InChI is InChI=1S/C20H25FN2O3/c1-19(2,3)26-18(25)22-15-10-13-16(11-14(15)21)23(12-6-4-5-7-12)17(24)20(13)8-9-20/h10-12H,4-9H2,1-3H3,(H,22,25). The van der Waals surface area contributed by atoms with Crippen LogP contribution in [0.15, 0.2) is 12.1 Å². The van der Waals surface area contributed by atoms with Gasteiger partial charge in [-0.15, -0.1) is 0 Å². The van der Waals surface area contributed by atoms with Crippen molar-refractivity contribution in [3.8, 4) is 0 Å². The van der Waals surface area contributed by atoms with Gasteiger partial charge in [0.05, 0.1) is 16.8 Å². The fourth-order valence-electron chi connectivity index (χ4n) is 4.24. The van der Waals surface area contributed by atoms with Crippen molar-refractivity contribution in [3.05, 3.63) is 23.5 Å². The lowest BCUT2D eigenvalue weighted by Crippen LogP contribution is -2.39. The first-order valence-corrected chi connectivity index (χ1v) is 9.39. The van der Waals surface area contributed by atoms with Crippen LogP contribution < -0.4 is 10.2 Å². The molecular formula is C20H25FN2O3. The Morgan fingerprint density at radius 1 is 1.27 bits per heavy atom. The lowest BCUT2D eigenvalue weighted by atomic mass is 9.97. The van der Waals surface area contributed by atoms with E-state index >= 15 is 0 Å². The fourth-order valence-corrected chi connectivity index (χ4v) is 4.24. The molecule has 0 unspecified atom stereocenters. The summed E-state index contributed by atoms with van der Waals surface area (Å²) in [5, 5.41) is 2.50. The summed E-state index contributed by atoms with van der Waals surface area (Å²) in [6, 6.07) is 3.21. The molecule has 1 aromatic carbocycles. The Kier molecular flexibility index (Phi) is 3.79. The lowest BCUT2D eigenvalue weighted by Gasteiger charge is -2.25. The Morgan fingerprint density at radius 3 is 2.50 bits per heavy atom. The van der Waals surface area contributed by atoms with E-state index in [9.17, 15) is 14.0 Å². The molecule has 0 aromatic heterocycles. The molecular weight excluding hydrogens is 335 g/mol. The molecule has 1 aromatic rings. The van der Waals surface area contributed by atoms with Gasteiger partial charge in [-0.2, -0.15) is 0 Å². The van der Waals surface area contributed by atoms with Crippen molar-refractivity contribution >= 4 is 23.4 Å². The number of amides is 2. The minimum Gasteiger partial charge on any atom is -0.444 e. The SMILES string of the molecule is CC(C)(C)OC(=O)Nc1cc2c(cc1F)N(C1CCCC1)C(=O)C21CC1. The predicted octanol–water partition coefficient (Wildman–Crippen LogP) is 4.49. The summed E-state index contributed by atoms with van der Waals surface area (Å²) in [6.07, 6.45) is 5.05. The number of benzene rings is 1. The number of halogens is 1. The minimum atomic E-state index is -0.696. The molecule has 2 amide bonds. The summed E-state index contributed by atoms with van der Waals surface area (Å²) in [6.45, 7) is 5.26. The molecule has 2 saturated carbocycles. The van der Waals surface area contributed by atoms with Crippen molar-refractivity contribution in [2.75, 3.05) is 10.2 Å². The summed E-state index contributed by atoms with van der Waals surface area (Å²) in [5.41, 5.74) is 0.444. The third kappa shape index (κ3) is 2.75. The van der Waals surface area contributed by atoms with E-state index in [1.54, 1.807) is 26.8 Å². The third-order valence-corrected chi connectivity index (χ3v) is 5.56. The summed E-state index contributed by atoms with van der Waals surface area (Å²) < 4.78 is 19.9. The molecule has 3 aliphatic rings. The number of nitrogens with zero attached hydrogens (tertiary/aromatic N) is 1. The topological polar surface area (TPSA) is 58.6 Å². The van der Waals surface area contributed by atoms with Crippen LogP contribution in [0, 0.1) is 5.82 Å². The smallest absolute Gasteiger partial charge is 0.412 e. The summed E-state index contributed by atoms with van der Waals surface area (Å²) >= 11 is 0. The summed E-state index contributed by atoms with van der Waals surface area (Å²) in [4.78, 5) is 26.9. The number of rotatable bonds is 2. The van der Waals surface area contributed by atoms with Gasteiger partial charge >= 0.3 is 6.09 Å². The van der Waals surface area contributed by atoms with Crippen LogP contribution in [0.1, 0.15) is 64.9 Å². The Bertz CT molecular complexity index is 774. The van der Waals surface area contributed by atoms with Crippen molar-refractivity contribution in [1.29, 1.82) is 0 Å². The molecule has 2 aliphatic carbocycles. The number of hydrogen-bond donors (Lipinski definition) is 1. The van der Waals surface area contributed by atoms with Crippen molar-refractivity contribution in [2.45, 2.75) is 76.4 Å². The van der Waals surface area contributed by atoms with E-state index in [1.807, 2.05) is 4.90 Å². The van der Waals surface area contributed by atoms with E-state index in [4.69, 9.17) is 4.74 Å². The number of ether oxygens (including phenoxy) is 1. The number of anilines is 2. The van der Waals surface area contributed by atoms with Gasteiger partial charge in [0.2, 0.25) is 5.91 Å². The van der Waals surface area contributed by atoms with Crippen LogP contribution >= 0.6 is 0 Å². The Balaban J connectivity index is 1.67. The molecule has 1 aliphatic heterocycles. The number of carbonyl (C=O) groups excluding carboxylic acids is 2. The Hall–Kier alpha value is -2.11. The first-order valence-electron chi connectivity index (χ1n) is 9.39. The highest BCUT2D eigenvalue weighted by Gasteiger charge is 2.60.